The van der Waals surface area contributed by atoms with Crippen molar-refractivity contribution in [3.63, 3.8) is 0 Å². The molecule has 5 nitrogen and oxygen atoms in total. The Morgan fingerprint density at radius 2 is 2.10 bits per heavy atom. The monoisotopic (exact) mass is 353 g/mol. The van der Waals surface area contributed by atoms with Crippen LogP contribution in [-0.2, 0) is 7.05 Å². The maximum atomic E-state index is 4.51. The second-order valence-corrected chi connectivity index (χ2v) is 6.49. The summed E-state index contributed by atoms with van der Waals surface area (Å²) >= 11 is 3.65. The Morgan fingerprint density at radius 1 is 1.38 bits per heavy atom. The SMILES string of the molecule is CCCNC(c1cc(C)nn1C)c1c(Br)cnn1C(C)C. The van der Waals surface area contributed by atoms with Gasteiger partial charge in [-0.3, -0.25) is 9.36 Å². The second kappa shape index (κ2) is 6.75. The number of aromatic nitrogens is 4. The molecule has 0 bridgehead atoms. The Hall–Kier alpha value is -1.14. The third-order valence-corrected chi connectivity index (χ3v) is 4.09. The highest BCUT2D eigenvalue weighted by molar-refractivity contribution is 9.10. The molecule has 21 heavy (non-hydrogen) atoms. The number of hydrogen-bond acceptors (Lipinski definition) is 3. The lowest BCUT2D eigenvalue weighted by molar-refractivity contribution is 0.458. The molecule has 1 N–H and O–H groups in total. The summed E-state index contributed by atoms with van der Waals surface area (Å²) in [5.41, 5.74) is 3.34. The number of nitrogens with zero attached hydrogens (tertiary/aromatic N) is 4. The first-order chi connectivity index (χ1) is 9.95. The van der Waals surface area contributed by atoms with Crippen molar-refractivity contribution < 1.29 is 0 Å². The highest BCUT2D eigenvalue weighted by Gasteiger charge is 2.25. The van der Waals surface area contributed by atoms with Gasteiger partial charge >= 0.3 is 0 Å². The van der Waals surface area contributed by atoms with E-state index >= 15 is 0 Å². The van der Waals surface area contributed by atoms with Crippen LogP contribution in [0.5, 0.6) is 0 Å². The third kappa shape index (κ3) is 3.37. The van der Waals surface area contributed by atoms with E-state index in [0.29, 0.717) is 6.04 Å². The first-order valence-corrected chi connectivity index (χ1v) is 8.21. The van der Waals surface area contributed by atoms with Crippen molar-refractivity contribution in [2.75, 3.05) is 6.54 Å². The highest BCUT2D eigenvalue weighted by atomic mass is 79.9. The van der Waals surface area contributed by atoms with Crippen molar-refractivity contribution in [1.82, 2.24) is 24.9 Å². The molecule has 1 unspecified atom stereocenters. The second-order valence-electron chi connectivity index (χ2n) is 5.64. The molecule has 0 aromatic carbocycles. The topological polar surface area (TPSA) is 47.7 Å². The Bertz CT molecular complexity index is 599. The first kappa shape index (κ1) is 16.2. The molecule has 0 saturated carbocycles. The number of rotatable bonds is 6. The fourth-order valence-corrected chi connectivity index (χ4v) is 3.07. The van der Waals surface area contributed by atoms with Gasteiger partial charge in [0.15, 0.2) is 0 Å². The summed E-state index contributed by atoms with van der Waals surface area (Å²) in [7, 11) is 1.99. The zero-order chi connectivity index (χ0) is 15.6. The summed E-state index contributed by atoms with van der Waals surface area (Å²) in [6.07, 6.45) is 2.96. The fourth-order valence-electron chi connectivity index (χ4n) is 2.56. The van der Waals surface area contributed by atoms with Crippen LogP contribution in [-0.4, -0.2) is 26.1 Å². The van der Waals surface area contributed by atoms with E-state index in [0.717, 1.165) is 34.5 Å². The lowest BCUT2D eigenvalue weighted by Gasteiger charge is -2.22. The minimum Gasteiger partial charge on any atom is -0.304 e. The Morgan fingerprint density at radius 3 is 2.62 bits per heavy atom. The summed E-state index contributed by atoms with van der Waals surface area (Å²) in [4.78, 5) is 0. The minimum absolute atomic E-state index is 0.0791. The Balaban J connectivity index is 2.50. The van der Waals surface area contributed by atoms with Crippen LogP contribution < -0.4 is 5.32 Å². The van der Waals surface area contributed by atoms with Crippen molar-refractivity contribution >= 4 is 15.9 Å². The number of nitrogens with one attached hydrogen (secondary N) is 1. The summed E-state index contributed by atoms with van der Waals surface area (Å²) in [5, 5.41) is 12.6. The molecule has 0 aliphatic carbocycles. The van der Waals surface area contributed by atoms with Crippen molar-refractivity contribution in [3.8, 4) is 0 Å². The van der Waals surface area contributed by atoms with Gasteiger partial charge < -0.3 is 5.32 Å². The zero-order valence-corrected chi connectivity index (χ0v) is 15.0. The predicted octanol–water partition coefficient (Wildman–Crippen LogP) is 3.36. The molecule has 2 heterocycles. The summed E-state index contributed by atoms with van der Waals surface area (Å²) < 4.78 is 5.05. The molecule has 0 radical (unpaired) electrons. The molecule has 116 valence electrons. The Labute approximate surface area is 134 Å². The molecule has 6 heteroatoms. The first-order valence-electron chi connectivity index (χ1n) is 7.42. The summed E-state index contributed by atoms with van der Waals surface area (Å²) in [5.74, 6) is 0. The van der Waals surface area contributed by atoms with Gasteiger partial charge in [-0.15, -0.1) is 0 Å². The quantitative estimate of drug-likeness (QED) is 0.865. The molecule has 0 spiro atoms. The fraction of sp³-hybridized carbons (Fsp3) is 0.600. The Kier molecular flexibility index (Phi) is 5.22. The molecule has 0 aliphatic heterocycles. The normalized spacial score (nSPS) is 13.1. The van der Waals surface area contributed by atoms with E-state index in [4.69, 9.17) is 0 Å². The van der Waals surface area contributed by atoms with Crippen molar-refractivity contribution in [3.05, 3.63) is 33.8 Å². The third-order valence-electron chi connectivity index (χ3n) is 3.48. The van der Waals surface area contributed by atoms with E-state index in [1.807, 2.05) is 24.9 Å². The van der Waals surface area contributed by atoms with Crippen LogP contribution in [0.15, 0.2) is 16.7 Å². The number of hydrogen-bond donors (Lipinski definition) is 1. The summed E-state index contributed by atoms with van der Waals surface area (Å²) in [6.45, 7) is 9.44. The van der Waals surface area contributed by atoms with E-state index in [-0.39, 0.29) is 6.04 Å². The molecule has 1 atom stereocenters. The van der Waals surface area contributed by atoms with Gasteiger partial charge in [0.25, 0.3) is 0 Å². The van der Waals surface area contributed by atoms with Crippen LogP contribution in [0.25, 0.3) is 0 Å². The molecular weight excluding hydrogens is 330 g/mol. The molecule has 0 aliphatic rings. The highest BCUT2D eigenvalue weighted by Crippen LogP contribution is 2.30. The van der Waals surface area contributed by atoms with Gasteiger partial charge in [0.2, 0.25) is 0 Å². The molecule has 2 aromatic heterocycles. The molecule has 0 amide bonds. The standard InChI is InChI=1S/C15H24BrN5/c1-6-7-17-14(13-8-11(4)19-20(13)5)15-12(16)9-18-21(15)10(2)3/h8-10,14,17H,6-7H2,1-5H3. The largest absolute Gasteiger partial charge is 0.304 e. The van der Waals surface area contributed by atoms with Crippen molar-refractivity contribution in [2.45, 2.75) is 46.2 Å². The molecule has 0 saturated heterocycles. The van der Waals surface area contributed by atoms with E-state index in [2.05, 4.69) is 63.0 Å². The molecule has 2 rings (SSSR count). The van der Waals surface area contributed by atoms with Gasteiger partial charge in [0.05, 0.1) is 33.8 Å². The van der Waals surface area contributed by atoms with E-state index < -0.39 is 0 Å². The van der Waals surface area contributed by atoms with Crippen molar-refractivity contribution in [2.24, 2.45) is 7.05 Å². The van der Waals surface area contributed by atoms with Gasteiger partial charge in [-0.1, -0.05) is 6.92 Å². The van der Waals surface area contributed by atoms with Crippen LogP contribution in [0, 0.1) is 6.92 Å². The lowest BCUT2D eigenvalue weighted by Crippen LogP contribution is -2.28. The molecular formula is C15H24BrN5. The maximum Gasteiger partial charge on any atom is 0.0930 e. The van der Waals surface area contributed by atoms with Gasteiger partial charge in [-0.05, 0) is 55.7 Å². The van der Waals surface area contributed by atoms with Gasteiger partial charge in [0, 0.05) is 13.1 Å². The maximum absolute atomic E-state index is 4.51. The van der Waals surface area contributed by atoms with Crippen LogP contribution in [0.2, 0.25) is 0 Å². The van der Waals surface area contributed by atoms with Crippen LogP contribution >= 0.6 is 15.9 Å². The van der Waals surface area contributed by atoms with E-state index in [9.17, 15) is 0 Å². The molecule has 0 fully saturated rings. The predicted molar refractivity (Wildman–Crippen MR) is 88.4 cm³/mol. The van der Waals surface area contributed by atoms with Crippen molar-refractivity contribution in [1.29, 1.82) is 0 Å². The van der Waals surface area contributed by atoms with E-state index in [1.54, 1.807) is 0 Å². The average molecular weight is 354 g/mol. The average Bonchev–Trinajstić information content (AvgIpc) is 2.94. The van der Waals surface area contributed by atoms with Crippen LogP contribution in [0.3, 0.4) is 0 Å². The lowest BCUT2D eigenvalue weighted by atomic mass is 10.1. The van der Waals surface area contributed by atoms with Gasteiger partial charge in [-0.2, -0.15) is 10.2 Å². The number of halogens is 1. The smallest absolute Gasteiger partial charge is 0.0930 e. The molecule has 2 aromatic rings. The van der Waals surface area contributed by atoms with Crippen LogP contribution in [0.1, 0.15) is 56.4 Å². The van der Waals surface area contributed by atoms with E-state index in [1.165, 1.54) is 0 Å². The minimum atomic E-state index is 0.0791. The summed E-state index contributed by atoms with van der Waals surface area (Å²) in [6, 6.07) is 2.53. The zero-order valence-electron chi connectivity index (χ0n) is 13.4. The van der Waals surface area contributed by atoms with Gasteiger partial charge in [0.1, 0.15) is 0 Å². The number of aryl methyl sites for hydroxylation is 2. The van der Waals surface area contributed by atoms with Crippen LogP contribution in [0.4, 0.5) is 0 Å². The van der Waals surface area contributed by atoms with Gasteiger partial charge in [-0.25, -0.2) is 0 Å².